The molecule has 0 radical (unpaired) electrons. The summed E-state index contributed by atoms with van der Waals surface area (Å²) in [4.78, 5) is 16.7. The van der Waals surface area contributed by atoms with Crippen LogP contribution >= 0.6 is 0 Å². The van der Waals surface area contributed by atoms with Gasteiger partial charge in [-0.2, -0.15) is 0 Å². The molecule has 1 heterocycles. The summed E-state index contributed by atoms with van der Waals surface area (Å²) in [6.45, 7) is 11.2. The number of amides is 1. The van der Waals surface area contributed by atoms with Gasteiger partial charge in [0, 0.05) is 31.7 Å². The molecule has 1 aromatic carbocycles. The number of rotatable bonds is 3. The number of benzene rings is 1. The van der Waals surface area contributed by atoms with E-state index in [2.05, 4.69) is 43.0 Å². The Kier molecular flexibility index (Phi) is 4.40. The van der Waals surface area contributed by atoms with E-state index in [9.17, 15) is 4.79 Å². The predicted molar refractivity (Wildman–Crippen MR) is 85.8 cm³/mol. The zero-order chi connectivity index (χ0) is 15.7. The minimum Gasteiger partial charge on any atom is -0.338 e. The van der Waals surface area contributed by atoms with Gasteiger partial charge in [0.15, 0.2) is 0 Å². The fourth-order valence-electron chi connectivity index (χ4n) is 2.87. The molecule has 1 saturated heterocycles. The minimum absolute atomic E-state index is 0.0370. The summed E-state index contributed by atoms with van der Waals surface area (Å²) in [6, 6.07) is 10.5. The fraction of sp³-hybridized carbons (Fsp3) is 0.588. The zero-order valence-corrected chi connectivity index (χ0v) is 13.6. The second-order valence-corrected chi connectivity index (χ2v) is 7.17. The van der Waals surface area contributed by atoms with E-state index in [1.165, 1.54) is 5.56 Å². The van der Waals surface area contributed by atoms with Crippen LogP contribution in [-0.2, 0) is 11.3 Å². The van der Waals surface area contributed by atoms with Crippen LogP contribution in [0.1, 0.15) is 33.3 Å². The Hall–Kier alpha value is -1.39. The molecular formula is C17H27N3O. The SMILES string of the molecule is CC(C)(N)C(=O)N1CCN(Cc2ccccc2)C(C)(C)C1. The van der Waals surface area contributed by atoms with Crippen molar-refractivity contribution in [1.29, 1.82) is 0 Å². The molecule has 0 atom stereocenters. The maximum atomic E-state index is 12.4. The van der Waals surface area contributed by atoms with Crippen molar-refractivity contribution in [2.75, 3.05) is 19.6 Å². The van der Waals surface area contributed by atoms with E-state index < -0.39 is 5.54 Å². The molecule has 0 bridgehead atoms. The van der Waals surface area contributed by atoms with E-state index in [1.807, 2.05) is 11.0 Å². The van der Waals surface area contributed by atoms with Gasteiger partial charge in [-0.15, -0.1) is 0 Å². The highest BCUT2D eigenvalue weighted by Crippen LogP contribution is 2.24. The summed E-state index contributed by atoms with van der Waals surface area (Å²) in [7, 11) is 0. The van der Waals surface area contributed by atoms with Crippen LogP contribution in [0.15, 0.2) is 30.3 Å². The Bertz CT molecular complexity index is 491. The first kappa shape index (κ1) is 16.0. The molecule has 21 heavy (non-hydrogen) atoms. The molecule has 1 amide bonds. The van der Waals surface area contributed by atoms with Crippen LogP contribution in [0.3, 0.4) is 0 Å². The van der Waals surface area contributed by atoms with Gasteiger partial charge in [-0.25, -0.2) is 0 Å². The normalized spacial score (nSPS) is 19.6. The molecule has 0 spiro atoms. The number of nitrogens with two attached hydrogens (primary N) is 1. The molecule has 0 unspecified atom stereocenters. The summed E-state index contributed by atoms with van der Waals surface area (Å²) < 4.78 is 0. The number of piperazine rings is 1. The van der Waals surface area contributed by atoms with Crippen molar-refractivity contribution in [1.82, 2.24) is 9.80 Å². The summed E-state index contributed by atoms with van der Waals surface area (Å²) in [5.74, 6) is 0.0370. The molecule has 4 nitrogen and oxygen atoms in total. The Morgan fingerprint density at radius 2 is 1.86 bits per heavy atom. The van der Waals surface area contributed by atoms with Crippen molar-refractivity contribution in [3.8, 4) is 0 Å². The van der Waals surface area contributed by atoms with Crippen LogP contribution in [0.4, 0.5) is 0 Å². The molecule has 1 aromatic rings. The van der Waals surface area contributed by atoms with E-state index in [-0.39, 0.29) is 11.4 Å². The molecule has 0 saturated carbocycles. The number of hydrogen-bond acceptors (Lipinski definition) is 3. The van der Waals surface area contributed by atoms with Gasteiger partial charge in [-0.05, 0) is 33.3 Å². The molecule has 2 rings (SSSR count). The quantitative estimate of drug-likeness (QED) is 0.924. The van der Waals surface area contributed by atoms with Crippen molar-refractivity contribution in [2.45, 2.75) is 45.3 Å². The number of carbonyl (C=O) groups excluding carboxylic acids is 1. The first-order chi connectivity index (χ1) is 9.70. The third kappa shape index (κ3) is 3.83. The fourth-order valence-corrected chi connectivity index (χ4v) is 2.87. The smallest absolute Gasteiger partial charge is 0.242 e. The lowest BCUT2D eigenvalue weighted by Crippen LogP contribution is -2.63. The van der Waals surface area contributed by atoms with E-state index in [1.54, 1.807) is 13.8 Å². The molecular weight excluding hydrogens is 262 g/mol. The van der Waals surface area contributed by atoms with E-state index in [4.69, 9.17) is 5.73 Å². The number of hydrogen-bond donors (Lipinski definition) is 1. The Morgan fingerprint density at radius 3 is 2.38 bits per heavy atom. The summed E-state index contributed by atoms with van der Waals surface area (Å²) in [5.41, 5.74) is 6.42. The topological polar surface area (TPSA) is 49.6 Å². The monoisotopic (exact) mass is 289 g/mol. The first-order valence-corrected chi connectivity index (χ1v) is 7.57. The largest absolute Gasteiger partial charge is 0.338 e. The lowest BCUT2D eigenvalue weighted by Gasteiger charge is -2.48. The van der Waals surface area contributed by atoms with Crippen LogP contribution in [0, 0.1) is 0 Å². The maximum Gasteiger partial charge on any atom is 0.242 e. The van der Waals surface area contributed by atoms with Crippen LogP contribution in [0.25, 0.3) is 0 Å². The number of carbonyl (C=O) groups is 1. The third-order valence-electron chi connectivity index (χ3n) is 4.13. The van der Waals surface area contributed by atoms with Crippen molar-refractivity contribution >= 4 is 5.91 Å². The van der Waals surface area contributed by atoms with Crippen molar-refractivity contribution in [3.05, 3.63) is 35.9 Å². The van der Waals surface area contributed by atoms with Gasteiger partial charge < -0.3 is 10.6 Å². The Labute approximate surface area is 127 Å². The third-order valence-corrected chi connectivity index (χ3v) is 4.13. The van der Waals surface area contributed by atoms with Crippen LogP contribution in [0.2, 0.25) is 0 Å². The molecule has 2 N–H and O–H groups in total. The average molecular weight is 289 g/mol. The van der Waals surface area contributed by atoms with Gasteiger partial charge in [-0.3, -0.25) is 9.69 Å². The van der Waals surface area contributed by atoms with Crippen LogP contribution in [0.5, 0.6) is 0 Å². The van der Waals surface area contributed by atoms with E-state index >= 15 is 0 Å². The summed E-state index contributed by atoms with van der Waals surface area (Å²) in [5, 5.41) is 0. The van der Waals surface area contributed by atoms with E-state index in [0.717, 1.165) is 26.2 Å². The van der Waals surface area contributed by atoms with Crippen LogP contribution < -0.4 is 5.73 Å². The molecule has 4 heteroatoms. The molecule has 1 fully saturated rings. The Morgan fingerprint density at radius 1 is 1.24 bits per heavy atom. The van der Waals surface area contributed by atoms with Gasteiger partial charge in [-0.1, -0.05) is 30.3 Å². The van der Waals surface area contributed by atoms with Crippen molar-refractivity contribution < 1.29 is 4.79 Å². The molecule has 0 aromatic heterocycles. The standard InChI is InChI=1S/C17H27N3O/c1-16(2)13-19(15(21)17(3,4)18)10-11-20(16)12-14-8-6-5-7-9-14/h5-9H,10-13,18H2,1-4H3. The second kappa shape index (κ2) is 5.78. The van der Waals surface area contributed by atoms with E-state index in [0.29, 0.717) is 0 Å². The molecule has 1 aliphatic heterocycles. The summed E-state index contributed by atoms with van der Waals surface area (Å²) in [6.07, 6.45) is 0. The average Bonchev–Trinajstić information content (AvgIpc) is 2.40. The maximum absolute atomic E-state index is 12.4. The van der Waals surface area contributed by atoms with Crippen LogP contribution in [-0.4, -0.2) is 46.4 Å². The van der Waals surface area contributed by atoms with Gasteiger partial charge >= 0.3 is 0 Å². The van der Waals surface area contributed by atoms with Gasteiger partial charge in [0.1, 0.15) is 0 Å². The molecule has 116 valence electrons. The van der Waals surface area contributed by atoms with Gasteiger partial charge in [0.2, 0.25) is 5.91 Å². The highest BCUT2D eigenvalue weighted by molar-refractivity contribution is 5.85. The number of nitrogens with zero attached hydrogens (tertiary/aromatic N) is 2. The van der Waals surface area contributed by atoms with Gasteiger partial charge in [0.25, 0.3) is 0 Å². The first-order valence-electron chi connectivity index (χ1n) is 7.57. The molecule has 1 aliphatic rings. The van der Waals surface area contributed by atoms with Gasteiger partial charge in [0.05, 0.1) is 5.54 Å². The minimum atomic E-state index is -0.794. The lowest BCUT2D eigenvalue weighted by molar-refractivity contribution is -0.141. The Balaban J connectivity index is 2.05. The highest BCUT2D eigenvalue weighted by atomic mass is 16.2. The molecule has 0 aliphatic carbocycles. The lowest BCUT2D eigenvalue weighted by atomic mass is 9.95. The predicted octanol–water partition coefficient (Wildman–Crippen LogP) is 1.85. The zero-order valence-electron chi connectivity index (χ0n) is 13.6. The van der Waals surface area contributed by atoms with Crippen molar-refractivity contribution in [2.24, 2.45) is 5.73 Å². The second-order valence-electron chi connectivity index (χ2n) is 7.17. The summed E-state index contributed by atoms with van der Waals surface area (Å²) >= 11 is 0. The highest BCUT2D eigenvalue weighted by Gasteiger charge is 2.38. The van der Waals surface area contributed by atoms with Crippen molar-refractivity contribution in [3.63, 3.8) is 0 Å².